The summed E-state index contributed by atoms with van der Waals surface area (Å²) in [6.07, 6.45) is 20.5. The lowest BCUT2D eigenvalue weighted by Gasteiger charge is -2.56. The van der Waals surface area contributed by atoms with E-state index in [0.29, 0.717) is 10.8 Å². The van der Waals surface area contributed by atoms with Gasteiger partial charge in [-0.3, -0.25) is 0 Å². The monoisotopic (exact) mass is 254 g/mol. The maximum atomic E-state index is 2.56. The predicted octanol–water partition coefficient (Wildman–Crippen LogP) is 5.28. The highest BCUT2D eigenvalue weighted by molar-refractivity contribution is 5.30. The summed E-state index contributed by atoms with van der Waals surface area (Å²) in [5, 5.41) is 0. The lowest BCUT2D eigenvalue weighted by Crippen LogP contribution is -2.48. The number of hydrogen-bond donors (Lipinski definition) is 0. The Balaban J connectivity index is 1.70. The average molecular weight is 254 g/mol. The standard InChI is InChI=1S/C19H26/c1-18-11-5-7-16(18)15-9-8-14-6-3-4-12-19(14,2)17(15)10-13-18/h3-6,11,15-17H,7-10,12-13H2,1-2H3/t15-,16-,17-,18-,19-/m0/s1. The molecule has 0 spiro atoms. The lowest BCUT2D eigenvalue weighted by molar-refractivity contribution is -0.0181. The molecule has 4 rings (SSSR count). The van der Waals surface area contributed by atoms with Crippen LogP contribution in [0.4, 0.5) is 0 Å². The number of hydrogen-bond acceptors (Lipinski definition) is 0. The second-order valence-corrected chi connectivity index (χ2v) is 7.84. The highest BCUT2D eigenvalue weighted by Crippen LogP contribution is 2.63. The van der Waals surface area contributed by atoms with Crippen LogP contribution in [0.2, 0.25) is 0 Å². The van der Waals surface area contributed by atoms with E-state index < -0.39 is 0 Å². The molecule has 0 amide bonds. The van der Waals surface area contributed by atoms with Crippen LogP contribution >= 0.6 is 0 Å². The quantitative estimate of drug-likeness (QED) is 0.516. The highest BCUT2D eigenvalue weighted by atomic mass is 14.6. The molecule has 0 aromatic carbocycles. The minimum Gasteiger partial charge on any atom is -0.0877 e. The first-order valence-electron chi connectivity index (χ1n) is 8.17. The van der Waals surface area contributed by atoms with Crippen molar-refractivity contribution in [1.29, 1.82) is 0 Å². The molecule has 0 aromatic heterocycles. The summed E-state index contributed by atoms with van der Waals surface area (Å²) in [5.74, 6) is 2.85. The van der Waals surface area contributed by atoms with E-state index >= 15 is 0 Å². The van der Waals surface area contributed by atoms with Crippen LogP contribution in [0.15, 0.2) is 36.0 Å². The van der Waals surface area contributed by atoms with Crippen LogP contribution in [0, 0.1) is 28.6 Å². The normalized spacial score (nSPS) is 51.3. The fourth-order valence-electron chi connectivity index (χ4n) is 5.86. The van der Waals surface area contributed by atoms with Crippen molar-refractivity contribution >= 4 is 0 Å². The van der Waals surface area contributed by atoms with E-state index in [1.165, 1.54) is 38.5 Å². The summed E-state index contributed by atoms with van der Waals surface area (Å²) >= 11 is 0. The molecular formula is C19H26. The number of fused-ring (bicyclic) bond motifs is 5. The van der Waals surface area contributed by atoms with E-state index in [9.17, 15) is 0 Å². The number of allylic oxidation sites excluding steroid dienone is 6. The SMILES string of the molecule is C[C@@]12C=CC[C@H]1[C@@H]1CCC3=CC=CC[C@]3(C)[C@H]1CC2. The first kappa shape index (κ1) is 12.0. The van der Waals surface area contributed by atoms with E-state index in [1.54, 1.807) is 5.57 Å². The average Bonchev–Trinajstić information content (AvgIpc) is 2.79. The van der Waals surface area contributed by atoms with Gasteiger partial charge in [0, 0.05) is 0 Å². The van der Waals surface area contributed by atoms with Gasteiger partial charge in [0.15, 0.2) is 0 Å². The zero-order valence-corrected chi connectivity index (χ0v) is 12.4. The van der Waals surface area contributed by atoms with Crippen molar-refractivity contribution in [2.45, 2.75) is 52.4 Å². The summed E-state index contributed by atoms with van der Waals surface area (Å²) in [4.78, 5) is 0. The molecule has 2 fully saturated rings. The van der Waals surface area contributed by atoms with Crippen LogP contribution < -0.4 is 0 Å². The van der Waals surface area contributed by atoms with Crippen LogP contribution in [0.5, 0.6) is 0 Å². The predicted molar refractivity (Wildman–Crippen MR) is 80.7 cm³/mol. The Morgan fingerprint density at radius 2 is 2.00 bits per heavy atom. The molecule has 0 radical (unpaired) electrons. The van der Waals surface area contributed by atoms with Gasteiger partial charge in [-0.25, -0.2) is 0 Å². The van der Waals surface area contributed by atoms with Crippen molar-refractivity contribution in [2.24, 2.45) is 28.6 Å². The van der Waals surface area contributed by atoms with Gasteiger partial charge in [-0.1, -0.05) is 49.8 Å². The van der Waals surface area contributed by atoms with Crippen LogP contribution in [0.1, 0.15) is 52.4 Å². The molecule has 0 bridgehead atoms. The molecule has 0 nitrogen and oxygen atoms in total. The molecule has 0 heterocycles. The molecule has 2 saturated carbocycles. The van der Waals surface area contributed by atoms with Crippen molar-refractivity contribution in [2.75, 3.05) is 0 Å². The molecule has 19 heavy (non-hydrogen) atoms. The Morgan fingerprint density at radius 1 is 1.11 bits per heavy atom. The molecule has 102 valence electrons. The van der Waals surface area contributed by atoms with Crippen LogP contribution in [-0.4, -0.2) is 0 Å². The molecule has 4 aliphatic carbocycles. The molecule has 4 aliphatic rings. The minimum absolute atomic E-state index is 0.488. The lowest BCUT2D eigenvalue weighted by atomic mass is 9.48. The Labute approximate surface area is 117 Å². The summed E-state index contributed by atoms with van der Waals surface area (Å²) in [5.41, 5.74) is 2.77. The molecule has 0 unspecified atom stereocenters. The summed E-state index contributed by atoms with van der Waals surface area (Å²) in [6, 6.07) is 0. The fourth-order valence-corrected chi connectivity index (χ4v) is 5.86. The van der Waals surface area contributed by atoms with E-state index in [2.05, 4.69) is 44.2 Å². The molecule has 0 saturated heterocycles. The summed E-state index contributed by atoms with van der Waals surface area (Å²) < 4.78 is 0. The summed E-state index contributed by atoms with van der Waals surface area (Å²) in [6.45, 7) is 5.08. The van der Waals surface area contributed by atoms with Crippen LogP contribution in [0.3, 0.4) is 0 Å². The van der Waals surface area contributed by atoms with Crippen molar-refractivity contribution < 1.29 is 0 Å². The van der Waals surface area contributed by atoms with E-state index in [4.69, 9.17) is 0 Å². The van der Waals surface area contributed by atoms with Gasteiger partial charge < -0.3 is 0 Å². The molecule has 0 N–H and O–H groups in total. The van der Waals surface area contributed by atoms with Gasteiger partial charge in [0.05, 0.1) is 0 Å². The Kier molecular flexibility index (Phi) is 2.44. The first-order chi connectivity index (χ1) is 9.13. The van der Waals surface area contributed by atoms with Crippen molar-refractivity contribution in [3.63, 3.8) is 0 Å². The largest absolute Gasteiger partial charge is 0.0877 e. The first-order valence-corrected chi connectivity index (χ1v) is 8.17. The Hall–Kier alpha value is -0.780. The summed E-state index contributed by atoms with van der Waals surface area (Å²) in [7, 11) is 0. The van der Waals surface area contributed by atoms with Gasteiger partial charge in [0.2, 0.25) is 0 Å². The second kappa shape index (κ2) is 3.87. The molecular weight excluding hydrogens is 228 g/mol. The topological polar surface area (TPSA) is 0 Å². The van der Waals surface area contributed by atoms with Gasteiger partial charge in [-0.15, -0.1) is 0 Å². The molecule has 5 atom stereocenters. The van der Waals surface area contributed by atoms with Gasteiger partial charge in [0.1, 0.15) is 0 Å². The van der Waals surface area contributed by atoms with Crippen molar-refractivity contribution in [1.82, 2.24) is 0 Å². The van der Waals surface area contributed by atoms with Gasteiger partial charge in [-0.05, 0) is 67.1 Å². The van der Waals surface area contributed by atoms with Gasteiger partial charge in [-0.2, -0.15) is 0 Å². The third kappa shape index (κ3) is 1.52. The maximum absolute atomic E-state index is 2.56. The van der Waals surface area contributed by atoms with Crippen molar-refractivity contribution in [3.8, 4) is 0 Å². The van der Waals surface area contributed by atoms with E-state index in [0.717, 1.165) is 17.8 Å². The van der Waals surface area contributed by atoms with Crippen LogP contribution in [0.25, 0.3) is 0 Å². The third-order valence-corrected chi connectivity index (χ3v) is 7.04. The second-order valence-electron chi connectivity index (χ2n) is 7.84. The maximum Gasteiger partial charge on any atom is -0.00477 e. The zero-order chi connectivity index (χ0) is 13.1. The van der Waals surface area contributed by atoms with E-state index in [-0.39, 0.29) is 0 Å². The fraction of sp³-hybridized carbons (Fsp3) is 0.684. The zero-order valence-electron chi connectivity index (χ0n) is 12.4. The van der Waals surface area contributed by atoms with Gasteiger partial charge >= 0.3 is 0 Å². The Morgan fingerprint density at radius 3 is 2.89 bits per heavy atom. The molecule has 0 aromatic rings. The Bertz CT molecular complexity index is 480. The van der Waals surface area contributed by atoms with Gasteiger partial charge in [0.25, 0.3) is 0 Å². The smallest absolute Gasteiger partial charge is 0.00477 e. The third-order valence-electron chi connectivity index (χ3n) is 7.04. The van der Waals surface area contributed by atoms with Crippen molar-refractivity contribution in [3.05, 3.63) is 36.0 Å². The van der Waals surface area contributed by atoms with E-state index in [1.807, 2.05) is 0 Å². The highest BCUT2D eigenvalue weighted by Gasteiger charge is 2.54. The number of rotatable bonds is 0. The molecule has 0 aliphatic heterocycles. The minimum atomic E-state index is 0.488. The molecule has 0 heteroatoms. The van der Waals surface area contributed by atoms with Crippen LogP contribution in [-0.2, 0) is 0 Å².